The van der Waals surface area contributed by atoms with Gasteiger partial charge >= 0.3 is 0 Å². The van der Waals surface area contributed by atoms with Gasteiger partial charge < -0.3 is 4.90 Å². The molecule has 4 aromatic carbocycles. The van der Waals surface area contributed by atoms with Crippen LogP contribution >= 0.6 is 0 Å². The highest BCUT2D eigenvalue weighted by atomic mass is 16.2. The second kappa shape index (κ2) is 9.55. The van der Waals surface area contributed by atoms with E-state index in [2.05, 4.69) is 0 Å². The van der Waals surface area contributed by atoms with Crippen LogP contribution in [-0.4, -0.2) is 26.9 Å². The quantitative estimate of drug-likeness (QED) is 0.320. The third-order valence-corrected chi connectivity index (χ3v) is 6.54. The van der Waals surface area contributed by atoms with Crippen LogP contribution in [0.5, 0.6) is 0 Å². The van der Waals surface area contributed by atoms with Crippen molar-refractivity contribution < 1.29 is 4.79 Å². The lowest BCUT2D eigenvalue weighted by molar-refractivity contribution is 0.0693. The SMILES string of the molecule is CCN(C(=O)c1cccc2ccccc12)C(C)c1nc2ccccc2c(=O)n1Cc1ccccc1. The van der Waals surface area contributed by atoms with Crippen molar-refractivity contribution in [2.75, 3.05) is 6.54 Å². The molecule has 0 bridgehead atoms. The molecule has 0 aliphatic heterocycles. The van der Waals surface area contributed by atoms with Crippen LogP contribution in [0.2, 0.25) is 0 Å². The van der Waals surface area contributed by atoms with Gasteiger partial charge in [-0.15, -0.1) is 0 Å². The number of hydrogen-bond donors (Lipinski definition) is 0. The number of aromatic nitrogens is 2. The van der Waals surface area contributed by atoms with Gasteiger partial charge in [-0.1, -0.05) is 78.9 Å². The first-order valence-electron chi connectivity index (χ1n) is 11.9. The molecule has 0 spiro atoms. The molecular formula is C30H27N3O2. The first kappa shape index (κ1) is 22.5. The largest absolute Gasteiger partial charge is 0.329 e. The van der Waals surface area contributed by atoms with Gasteiger partial charge in [0, 0.05) is 12.1 Å². The number of nitrogens with zero attached hydrogens (tertiary/aromatic N) is 3. The minimum Gasteiger partial charge on any atom is -0.329 e. The van der Waals surface area contributed by atoms with Crippen LogP contribution in [0.15, 0.2) is 102 Å². The van der Waals surface area contributed by atoms with E-state index in [-0.39, 0.29) is 11.5 Å². The maximum Gasteiger partial charge on any atom is 0.261 e. The van der Waals surface area contributed by atoms with Crippen molar-refractivity contribution in [3.63, 3.8) is 0 Å². The highest BCUT2D eigenvalue weighted by Crippen LogP contribution is 2.26. The molecular weight excluding hydrogens is 434 g/mol. The molecule has 0 N–H and O–H groups in total. The lowest BCUT2D eigenvalue weighted by atomic mass is 10.0. The molecule has 174 valence electrons. The zero-order valence-electron chi connectivity index (χ0n) is 19.9. The summed E-state index contributed by atoms with van der Waals surface area (Å²) in [5, 5.41) is 2.51. The standard InChI is InChI=1S/C30H27N3O2/c1-3-32(29(34)25-18-11-15-23-14-7-8-16-24(23)25)21(2)28-31-27-19-10-9-17-26(27)30(35)33(28)20-22-12-5-4-6-13-22/h4-19,21H,3,20H2,1-2H3. The number of amides is 1. The van der Waals surface area contributed by atoms with E-state index < -0.39 is 6.04 Å². The van der Waals surface area contributed by atoms with Gasteiger partial charge in [0.25, 0.3) is 11.5 Å². The summed E-state index contributed by atoms with van der Waals surface area (Å²) in [5.74, 6) is 0.499. The molecule has 1 unspecified atom stereocenters. The Bertz CT molecular complexity index is 1570. The van der Waals surface area contributed by atoms with E-state index >= 15 is 0 Å². The lowest BCUT2D eigenvalue weighted by Crippen LogP contribution is -2.38. The molecule has 35 heavy (non-hydrogen) atoms. The smallest absolute Gasteiger partial charge is 0.261 e. The summed E-state index contributed by atoms with van der Waals surface area (Å²) in [5.41, 5.74) is 2.19. The molecule has 0 radical (unpaired) electrons. The Morgan fingerprint density at radius 2 is 1.51 bits per heavy atom. The topological polar surface area (TPSA) is 55.2 Å². The number of rotatable bonds is 6. The van der Waals surface area contributed by atoms with Crippen molar-refractivity contribution >= 4 is 27.6 Å². The van der Waals surface area contributed by atoms with E-state index in [4.69, 9.17) is 4.98 Å². The van der Waals surface area contributed by atoms with Gasteiger partial charge in [0.1, 0.15) is 5.82 Å². The summed E-state index contributed by atoms with van der Waals surface area (Å²) in [6.07, 6.45) is 0. The highest BCUT2D eigenvalue weighted by molar-refractivity contribution is 6.07. The van der Waals surface area contributed by atoms with Crippen molar-refractivity contribution in [1.82, 2.24) is 14.5 Å². The fourth-order valence-electron chi connectivity index (χ4n) is 4.72. The molecule has 1 heterocycles. The summed E-state index contributed by atoms with van der Waals surface area (Å²) in [7, 11) is 0. The van der Waals surface area contributed by atoms with Crippen LogP contribution in [0.25, 0.3) is 21.7 Å². The summed E-state index contributed by atoms with van der Waals surface area (Å²) in [6.45, 7) is 4.78. The van der Waals surface area contributed by atoms with Gasteiger partial charge in [-0.3, -0.25) is 14.2 Å². The maximum absolute atomic E-state index is 13.8. The second-order valence-electron chi connectivity index (χ2n) is 8.66. The van der Waals surface area contributed by atoms with Crippen molar-refractivity contribution in [3.8, 4) is 0 Å². The van der Waals surface area contributed by atoms with Crippen LogP contribution in [0.1, 0.15) is 41.6 Å². The van der Waals surface area contributed by atoms with E-state index in [1.807, 2.05) is 105 Å². The van der Waals surface area contributed by atoms with E-state index in [9.17, 15) is 9.59 Å². The van der Waals surface area contributed by atoms with Crippen LogP contribution in [-0.2, 0) is 6.54 Å². The number of para-hydroxylation sites is 1. The number of hydrogen-bond acceptors (Lipinski definition) is 3. The molecule has 5 aromatic rings. The minimum atomic E-state index is -0.410. The summed E-state index contributed by atoms with van der Waals surface area (Å²) in [6, 6.07) is 30.5. The van der Waals surface area contributed by atoms with Gasteiger partial charge in [-0.05, 0) is 48.4 Å². The fraction of sp³-hybridized carbons (Fsp3) is 0.167. The van der Waals surface area contributed by atoms with Crippen LogP contribution in [0.3, 0.4) is 0 Å². The Kier molecular flexibility index (Phi) is 6.15. The third-order valence-electron chi connectivity index (χ3n) is 6.54. The molecule has 5 heteroatoms. The van der Waals surface area contributed by atoms with Gasteiger partial charge in [0.2, 0.25) is 0 Å². The molecule has 0 fully saturated rings. The number of benzene rings is 4. The number of carbonyl (C=O) groups is 1. The molecule has 1 atom stereocenters. The number of carbonyl (C=O) groups excluding carboxylic acids is 1. The van der Waals surface area contributed by atoms with Crippen molar-refractivity contribution in [3.05, 3.63) is 124 Å². The van der Waals surface area contributed by atoms with Crippen LogP contribution in [0, 0.1) is 0 Å². The van der Waals surface area contributed by atoms with Crippen molar-refractivity contribution in [2.24, 2.45) is 0 Å². The van der Waals surface area contributed by atoms with E-state index in [0.29, 0.717) is 35.4 Å². The Morgan fingerprint density at radius 1 is 0.857 bits per heavy atom. The molecule has 1 aromatic heterocycles. The highest BCUT2D eigenvalue weighted by Gasteiger charge is 2.27. The van der Waals surface area contributed by atoms with E-state index in [1.165, 1.54) is 0 Å². The zero-order valence-corrected chi connectivity index (χ0v) is 19.9. The minimum absolute atomic E-state index is 0.0783. The predicted molar refractivity (Wildman–Crippen MR) is 141 cm³/mol. The first-order valence-corrected chi connectivity index (χ1v) is 11.9. The number of fused-ring (bicyclic) bond motifs is 2. The Labute approximate surface area is 204 Å². The maximum atomic E-state index is 13.8. The predicted octanol–water partition coefficient (Wildman–Crippen LogP) is 5.82. The average molecular weight is 462 g/mol. The van der Waals surface area contributed by atoms with Gasteiger partial charge in [-0.2, -0.15) is 0 Å². The molecule has 0 aliphatic carbocycles. The molecule has 0 saturated heterocycles. The summed E-state index contributed by atoms with van der Waals surface area (Å²) >= 11 is 0. The Balaban J connectivity index is 1.63. The van der Waals surface area contributed by atoms with Crippen molar-refractivity contribution in [2.45, 2.75) is 26.4 Å². The third kappa shape index (κ3) is 4.21. The average Bonchev–Trinajstić information content (AvgIpc) is 2.90. The molecule has 1 amide bonds. The van der Waals surface area contributed by atoms with E-state index in [0.717, 1.165) is 16.3 Å². The Morgan fingerprint density at radius 3 is 2.29 bits per heavy atom. The molecule has 5 nitrogen and oxygen atoms in total. The Hall–Kier alpha value is -4.25. The molecule has 5 rings (SSSR count). The second-order valence-corrected chi connectivity index (χ2v) is 8.66. The molecule has 0 aliphatic rings. The fourth-order valence-corrected chi connectivity index (χ4v) is 4.72. The van der Waals surface area contributed by atoms with Crippen molar-refractivity contribution in [1.29, 1.82) is 0 Å². The van der Waals surface area contributed by atoms with Gasteiger partial charge in [0.05, 0.1) is 23.5 Å². The first-order chi connectivity index (χ1) is 17.1. The van der Waals surface area contributed by atoms with Gasteiger partial charge in [-0.25, -0.2) is 4.98 Å². The molecule has 0 saturated carbocycles. The van der Waals surface area contributed by atoms with Crippen LogP contribution in [0.4, 0.5) is 0 Å². The summed E-state index contributed by atoms with van der Waals surface area (Å²) < 4.78 is 1.71. The lowest BCUT2D eigenvalue weighted by Gasteiger charge is -2.30. The normalized spacial score (nSPS) is 12.1. The monoisotopic (exact) mass is 461 g/mol. The van der Waals surface area contributed by atoms with E-state index in [1.54, 1.807) is 15.5 Å². The van der Waals surface area contributed by atoms with Crippen LogP contribution < -0.4 is 5.56 Å². The zero-order chi connectivity index (χ0) is 24.4. The summed E-state index contributed by atoms with van der Waals surface area (Å²) in [4.78, 5) is 34.1. The van der Waals surface area contributed by atoms with Gasteiger partial charge in [0.15, 0.2) is 0 Å².